The average Bonchev–Trinajstić information content (AvgIpc) is 3.14. The van der Waals surface area contributed by atoms with E-state index in [1.807, 2.05) is 24.3 Å². The molecule has 4 rings (SSSR count). The van der Waals surface area contributed by atoms with Crippen LogP contribution in [0.5, 0.6) is 0 Å². The quantitative estimate of drug-likeness (QED) is 0.851. The lowest BCUT2D eigenvalue weighted by atomic mass is 10.1. The summed E-state index contributed by atoms with van der Waals surface area (Å²) in [6, 6.07) is 7.57. The molecule has 1 amide bonds. The number of oxazole rings is 1. The number of ether oxygens (including phenoxy) is 1. The maximum atomic E-state index is 12.2. The second-order valence-electron chi connectivity index (χ2n) is 6.46. The van der Waals surface area contributed by atoms with Crippen LogP contribution < -0.4 is 11.1 Å². The molecule has 2 heterocycles. The van der Waals surface area contributed by atoms with Crippen LogP contribution in [0.3, 0.4) is 0 Å². The zero-order chi connectivity index (χ0) is 16.5. The number of nitrogens with zero attached hydrogens (tertiary/aromatic N) is 1. The van der Waals surface area contributed by atoms with Crippen LogP contribution in [0.25, 0.3) is 11.3 Å². The van der Waals surface area contributed by atoms with Gasteiger partial charge in [-0.05, 0) is 49.9 Å². The normalized spacial score (nSPS) is 22.4. The highest BCUT2D eigenvalue weighted by Gasteiger charge is 2.30. The molecule has 1 aliphatic carbocycles. The van der Waals surface area contributed by atoms with Crippen molar-refractivity contribution in [1.82, 2.24) is 4.98 Å². The Hall–Kier alpha value is -1.89. The molecule has 1 saturated carbocycles. The molecule has 25 heavy (non-hydrogen) atoms. The highest BCUT2D eigenvalue weighted by atomic mass is 35.5. The number of nitrogens with two attached hydrogens (primary N) is 1. The van der Waals surface area contributed by atoms with E-state index in [0.717, 1.165) is 29.3 Å². The van der Waals surface area contributed by atoms with Gasteiger partial charge in [0.1, 0.15) is 6.10 Å². The molecule has 1 saturated heterocycles. The number of carbonyl (C=O) groups excluding carboxylic acids is 1. The number of carbonyl (C=O) groups is 1. The molecule has 2 aliphatic rings. The van der Waals surface area contributed by atoms with Crippen molar-refractivity contribution in [1.29, 1.82) is 0 Å². The first-order chi connectivity index (χ1) is 11.7. The first-order valence-corrected chi connectivity index (χ1v) is 8.45. The van der Waals surface area contributed by atoms with Crippen molar-refractivity contribution in [3.63, 3.8) is 0 Å². The molecule has 6 nitrogen and oxygen atoms in total. The Labute approximate surface area is 152 Å². The minimum absolute atomic E-state index is 0. The number of rotatable bonds is 5. The lowest BCUT2D eigenvalue weighted by molar-refractivity contribution is -0.126. The molecular weight excluding hydrogens is 342 g/mol. The maximum absolute atomic E-state index is 12.2. The van der Waals surface area contributed by atoms with E-state index in [9.17, 15) is 4.79 Å². The molecule has 0 radical (unpaired) electrons. The van der Waals surface area contributed by atoms with Gasteiger partial charge in [0.15, 0.2) is 11.7 Å². The van der Waals surface area contributed by atoms with Gasteiger partial charge in [-0.2, -0.15) is 0 Å². The zero-order valence-corrected chi connectivity index (χ0v) is 14.6. The lowest BCUT2D eigenvalue weighted by Gasteiger charge is -2.12. The number of benzene rings is 1. The molecule has 3 N–H and O–H groups in total. The van der Waals surface area contributed by atoms with Crippen LogP contribution in [0.4, 0.5) is 5.69 Å². The Morgan fingerprint density at radius 3 is 2.60 bits per heavy atom. The molecule has 0 unspecified atom stereocenters. The van der Waals surface area contributed by atoms with Gasteiger partial charge in [0.2, 0.25) is 0 Å². The van der Waals surface area contributed by atoms with E-state index in [-0.39, 0.29) is 24.4 Å². The average molecular weight is 364 g/mol. The number of aromatic nitrogens is 1. The summed E-state index contributed by atoms with van der Waals surface area (Å²) in [7, 11) is 0. The molecule has 1 aliphatic heterocycles. The topological polar surface area (TPSA) is 90.4 Å². The van der Waals surface area contributed by atoms with Crippen molar-refractivity contribution in [2.75, 3.05) is 11.9 Å². The first kappa shape index (κ1) is 17.9. The van der Waals surface area contributed by atoms with Crippen LogP contribution in [0.2, 0.25) is 0 Å². The molecule has 0 spiro atoms. The van der Waals surface area contributed by atoms with E-state index in [4.69, 9.17) is 14.9 Å². The molecule has 2 fully saturated rings. The largest absolute Gasteiger partial charge is 0.440 e. The Morgan fingerprint density at radius 1 is 1.20 bits per heavy atom. The summed E-state index contributed by atoms with van der Waals surface area (Å²) >= 11 is 0. The minimum Gasteiger partial charge on any atom is -0.440 e. The predicted molar refractivity (Wildman–Crippen MR) is 96.7 cm³/mol. The van der Waals surface area contributed by atoms with Crippen molar-refractivity contribution in [2.24, 2.45) is 5.73 Å². The van der Waals surface area contributed by atoms with Crippen LogP contribution in [0, 0.1) is 0 Å². The van der Waals surface area contributed by atoms with E-state index in [2.05, 4.69) is 10.3 Å². The molecule has 2 atom stereocenters. The van der Waals surface area contributed by atoms with Crippen molar-refractivity contribution in [3.8, 4) is 11.3 Å². The highest BCUT2D eigenvalue weighted by Crippen LogP contribution is 2.40. The van der Waals surface area contributed by atoms with E-state index in [0.29, 0.717) is 18.9 Å². The van der Waals surface area contributed by atoms with Crippen LogP contribution in [-0.4, -0.2) is 29.6 Å². The summed E-state index contributed by atoms with van der Waals surface area (Å²) in [5.74, 6) is 1.98. The fraction of sp³-hybridized carbons (Fsp3) is 0.444. The number of amides is 1. The summed E-state index contributed by atoms with van der Waals surface area (Å²) in [5, 5.41) is 2.89. The Balaban J connectivity index is 0.00000182. The molecular formula is C18H22ClN3O3. The van der Waals surface area contributed by atoms with Crippen molar-refractivity contribution < 1.29 is 13.9 Å². The van der Waals surface area contributed by atoms with E-state index in [1.54, 1.807) is 6.20 Å². The third-order valence-electron chi connectivity index (χ3n) is 4.55. The van der Waals surface area contributed by atoms with Gasteiger partial charge in [0.25, 0.3) is 5.91 Å². The van der Waals surface area contributed by atoms with Crippen LogP contribution in [0.1, 0.15) is 37.5 Å². The van der Waals surface area contributed by atoms with Crippen LogP contribution in [-0.2, 0) is 9.53 Å². The Kier molecular flexibility index (Phi) is 5.42. The van der Waals surface area contributed by atoms with Crippen LogP contribution >= 0.6 is 12.4 Å². The standard InChI is InChI=1S/C18H21N3O3.ClH/c19-9-14-7-8-15(23-14)17(22)21-13-5-3-11(4-6-13)16-10-20-18(24-16)12-1-2-12;/h3-6,10,12,14-15H,1-2,7-9,19H2,(H,21,22);1H/t14-,15+;/m1./s1. The van der Waals surface area contributed by atoms with Gasteiger partial charge in [0.05, 0.1) is 12.3 Å². The number of hydrogen-bond donors (Lipinski definition) is 2. The minimum atomic E-state index is -0.409. The third kappa shape index (κ3) is 4.03. The van der Waals surface area contributed by atoms with Crippen LogP contribution in [0.15, 0.2) is 34.9 Å². The highest BCUT2D eigenvalue weighted by molar-refractivity contribution is 5.94. The van der Waals surface area contributed by atoms with Crippen molar-refractivity contribution in [2.45, 2.75) is 43.8 Å². The van der Waals surface area contributed by atoms with Gasteiger partial charge >= 0.3 is 0 Å². The van der Waals surface area contributed by atoms with Gasteiger partial charge in [-0.15, -0.1) is 12.4 Å². The van der Waals surface area contributed by atoms with Crippen molar-refractivity contribution in [3.05, 3.63) is 36.4 Å². The Morgan fingerprint density at radius 2 is 1.96 bits per heavy atom. The van der Waals surface area contributed by atoms with E-state index < -0.39 is 6.10 Å². The maximum Gasteiger partial charge on any atom is 0.253 e. The van der Waals surface area contributed by atoms with E-state index in [1.165, 1.54) is 12.8 Å². The molecule has 134 valence electrons. The van der Waals surface area contributed by atoms with Gasteiger partial charge < -0.3 is 20.2 Å². The fourth-order valence-electron chi connectivity index (χ4n) is 2.95. The molecule has 2 aromatic rings. The Bertz CT molecular complexity index is 727. The fourth-order valence-corrected chi connectivity index (χ4v) is 2.95. The number of nitrogens with one attached hydrogen (secondary N) is 1. The lowest BCUT2D eigenvalue weighted by Crippen LogP contribution is -2.29. The van der Waals surface area contributed by atoms with Gasteiger partial charge in [-0.1, -0.05) is 0 Å². The van der Waals surface area contributed by atoms with Crippen molar-refractivity contribution >= 4 is 24.0 Å². The monoisotopic (exact) mass is 363 g/mol. The summed E-state index contributed by atoms with van der Waals surface area (Å²) in [6.07, 6.45) is 5.23. The number of hydrogen-bond acceptors (Lipinski definition) is 5. The molecule has 1 aromatic carbocycles. The number of halogens is 1. The predicted octanol–water partition coefficient (Wildman–Crippen LogP) is 3.09. The SMILES string of the molecule is Cl.NC[C@H]1CC[C@@H](C(=O)Nc2ccc(-c3cnc(C4CC4)o3)cc2)O1. The summed E-state index contributed by atoms with van der Waals surface area (Å²) in [4.78, 5) is 16.5. The third-order valence-corrected chi connectivity index (χ3v) is 4.55. The second-order valence-corrected chi connectivity index (χ2v) is 6.46. The molecule has 1 aromatic heterocycles. The first-order valence-electron chi connectivity index (χ1n) is 8.45. The second kappa shape index (κ2) is 7.56. The summed E-state index contributed by atoms with van der Waals surface area (Å²) in [6.45, 7) is 0.457. The summed E-state index contributed by atoms with van der Waals surface area (Å²) < 4.78 is 11.4. The molecule has 0 bridgehead atoms. The van der Waals surface area contributed by atoms with Gasteiger partial charge in [0, 0.05) is 23.7 Å². The summed E-state index contributed by atoms with van der Waals surface area (Å²) in [5.41, 5.74) is 7.27. The van der Waals surface area contributed by atoms with Gasteiger partial charge in [-0.25, -0.2) is 4.98 Å². The molecule has 7 heteroatoms. The smallest absolute Gasteiger partial charge is 0.253 e. The van der Waals surface area contributed by atoms with Gasteiger partial charge in [-0.3, -0.25) is 4.79 Å². The zero-order valence-electron chi connectivity index (χ0n) is 13.8. The van der Waals surface area contributed by atoms with E-state index >= 15 is 0 Å². The number of anilines is 1.